The van der Waals surface area contributed by atoms with Gasteiger partial charge in [-0.1, -0.05) is 78.3 Å². The molecule has 0 aliphatic heterocycles. The van der Waals surface area contributed by atoms with Gasteiger partial charge in [0.15, 0.2) is 5.76 Å². The van der Waals surface area contributed by atoms with E-state index >= 15 is 0 Å². The lowest BCUT2D eigenvalue weighted by Crippen LogP contribution is -2.01. The van der Waals surface area contributed by atoms with Crippen LogP contribution in [0.4, 0.5) is 0 Å². The van der Waals surface area contributed by atoms with Gasteiger partial charge in [0.25, 0.3) is 0 Å². The van der Waals surface area contributed by atoms with Gasteiger partial charge in [0.1, 0.15) is 11.8 Å². The first kappa shape index (κ1) is 16.6. The Balaban J connectivity index is 1.86. The zero-order chi connectivity index (χ0) is 17.9. The Morgan fingerprint density at radius 3 is 2.15 bits per heavy atom. The summed E-state index contributed by atoms with van der Waals surface area (Å²) in [5, 5.41) is 11.5. The van der Waals surface area contributed by atoms with Crippen molar-refractivity contribution in [1.82, 2.24) is 4.98 Å². The van der Waals surface area contributed by atoms with E-state index in [2.05, 4.69) is 4.98 Å². The normalized spacial score (nSPS) is 12.1. The van der Waals surface area contributed by atoms with Crippen molar-refractivity contribution in [1.29, 1.82) is 0 Å². The van der Waals surface area contributed by atoms with E-state index in [4.69, 9.17) is 16.0 Å². The Morgan fingerprint density at radius 1 is 0.808 bits per heavy atom. The SMILES string of the molecule is OC(c1ccccc1)c1nc(-c2cccc(Cl)c2)oc1-c1ccccc1. The lowest BCUT2D eigenvalue weighted by molar-refractivity contribution is 0.216. The Hall–Kier alpha value is -2.88. The summed E-state index contributed by atoms with van der Waals surface area (Å²) < 4.78 is 6.05. The van der Waals surface area contributed by atoms with Crippen molar-refractivity contribution in [2.45, 2.75) is 6.10 Å². The Labute approximate surface area is 156 Å². The second kappa shape index (κ2) is 7.16. The van der Waals surface area contributed by atoms with Gasteiger partial charge in [0, 0.05) is 16.1 Å². The predicted molar refractivity (Wildman–Crippen MR) is 103 cm³/mol. The van der Waals surface area contributed by atoms with Crippen molar-refractivity contribution in [3.05, 3.63) is 101 Å². The number of halogens is 1. The molecule has 4 rings (SSSR count). The van der Waals surface area contributed by atoms with Gasteiger partial charge in [0.2, 0.25) is 5.89 Å². The van der Waals surface area contributed by atoms with E-state index in [-0.39, 0.29) is 0 Å². The van der Waals surface area contributed by atoms with Crippen molar-refractivity contribution in [2.75, 3.05) is 0 Å². The highest BCUT2D eigenvalue weighted by Crippen LogP contribution is 2.35. The molecule has 4 aromatic rings. The van der Waals surface area contributed by atoms with Crippen LogP contribution in [0.15, 0.2) is 89.3 Å². The Morgan fingerprint density at radius 2 is 1.46 bits per heavy atom. The molecular weight excluding hydrogens is 346 g/mol. The van der Waals surface area contributed by atoms with Crippen molar-refractivity contribution in [3.63, 3.8) is 0 Å². The van der Waals surface area contributed by atoms with Crippen LogP contribution in [0.1, 0.15) is 17.4 Å². The number of rotatable bonds is 4. The predicted octanol–water partition coefficient (Wildman–Crippen LogP) is 5.74. The fourth-order valence-electron chi connectivity index (χ4n) is 2.85. The van der Waals surface area contributed by atoms with Crippen molar-refractivity contribution < 1.29 is 9.52 Å². The molecule has 0 fully saturated rings. The Bertz CT molecular complexity index is 1010. The minimum atomic E-state index is -0.886. The molecule has 1 unspecified atom stereocenters. The second-order valence-corrected chi connectivity index (χ2v) is 6.36. The van der Waals surface area contributed by atoms with Crippen molar-refractivity contribution in [3.8, 4) is 22.8 Å². The molecule has 0 aliphatic rings. The third kappa shape index (κ3) is 3.27. The lowest BCUT2D eigenvalue weighted by Gasteiger charge is -2.09. The maximum Gasteiger partial charge on any atom is 0.227 e. The summed E-state index contributed by atoms with van der Waals surface area (Å²) in [4.78, 5) is 4.60. The van der Waals surface area contributed by atoms with Gasteiger partial charge in [-0.2, -0.15) is 0 Å². The first-order valence-electron chi connectivity index (χ1n) is 8.27. The van der Waals surface area contributed by atoms with E-state index in [0.717, 1.165) is 16.7 Å². The van der Waals surface area contributed by atoms with Gasteiger partial charge >= 0.3 is 0 Å². The van der Waals surface area contributed by atoms with E-state index in [1.165, 1.54) is 0 Å². The first-order valence-corrected chi connectivity index (χ1v) is 8.65. The van der Waals surface area contributed by atoms with E-state index in [9.17, 15) is 5.11 Å². The number of hydrogen-bond acceptors (Lipinski definition) is 3. The molecule has 3 aromatic carbocycles. The highest BCUT2D eigenvalue weighted by molar-refractivity contribution is 6.30. The molecule has 128 valence electrons. The third-order valence-electron chi connectivity index (χ3n) is 4.14. The maximum absolute atomic E-state index is 10.9. The van der Waals surface area contributed by atoms with Crippen LogP contribution >= 0.6 is 11.6 Å². The van der Waals surface area contributed by atoms with Crippen LogP contribution in [0.5, 0.6) is 0 Å². The molecule has 0 bridgehead atoms. The summed E-state index contributed by atoms with van der Waals surface area (Å²) in [6.07, 6.45) is -0.886. The lowest BCUT2D eigenvalue weighted by atomic mass is 10.0. The molecule has 3 nitrogen and oxygen atoms in total. The second-order valence-electron chi connectivity index (χ2n) is 5.92. The number of aliphatic hydroxyl groups is 1. The molecule has 0 saturated carbocycles. The highest BCUT2D eigenvalue weighted by atomic mass is 35.5. The quantitative estimate of drug-likeness (QED) is 0.504. The van der Waals surface area contributed by atoms with E-state index in [1.807, 2.05) is 72.8 Å². The molecule has 0 spiro atoms. The first-order chi connectivity index (χ1) is 12.7. The standard InChI is InChI=1S/C22H16ClNO2/c23-18-13-7-12-17(14-18)22-24-19(20(25)15-8-3-1-4-9-15)21(26-22)16-10-5-2-6-11-16/h1-14,20,25H. The molecule has 1 heterocycles. The highest BCUT2D eigenvalue weighted by Gasteiger charge is 2.23. The summed E-state index contributed by atoms with van der Waals surface area (Å²) in [5.74, 6) is 0.980. The zero-order valence-electron chi connectivity index (χ0n) is 13.8. The largest absolute Gasteiger partial charge is 0.436 e. The van der Waals surface area contributed by atoms with E-state index in [0.29, 0.717) is 22.4 Å². The average Bonchev–Trinajstić information content (AvgIpc) is 3.14. The van der Waals surface area contributed by atoms with Gasteiger partial charge in [-0.15, -0.1) is 0 Å². The molecule has 0 aliphatic carbocycles. The number of aliphatic hydroxyl groups excluding tert-OH is 1. The van der Waals surface area contributed by atoms with Crippen LogP contribution < -0.4 is 0 Å². The topological polar surface area (TPSA) is 46.3 Å². The zero-order valence-corrected chi connectivity index (χ0v) is 14.6. The molecule has 0 saturated heterocycles. The van der Waals surface area contributed by atoms with Crippen LogP contribution in [-0.4, -0.2) is 10.1 Å². The average molecular weight is 362 g/mol. The van der Waals surface area contributed by atoms with Gasteiger partial charge in [0.05, 0.1) is 0 Å². The van der Waals surface area contributed by atoms with Gasteiger partial charge in [-0.05, 0) is 23.8 Å². The van der Waals surface area contributed by atoms with Crippen molar-refractivity contribution >= 4 is 11.6 Å². The maximum atomic E-state index is 10.9. The van der Waals surface area contributed by atoms with Crippen LogP contribution in [0, 0.1) is 0 Å². The van der Waals surface area contributed by atoms with Crippen LogP contribution in [0.3, 0.4) is 0 Å². The number of hydrogen-bond donors (Lipinski definition) is 1. The van der Waals surface area contributed by atoms with Crippen LogP contribution in [0.2, 0.25) is 5.02 Å². The number of aromatic nitrogens is 1. The number of benzene rings is 3. The fraction of sp³-hybridized carbons (Fsp3) is 0.0455. The summed E-state index contributed by atoms with van der Waals surface area (Å²) in [6.45, 7) is 0. The molecule has 26 heavy (non-hydrogen) atoms. The third-order valence-corrected chi connectivity index (χ3v) is 4.37. The summed E-state index contributed by atoms with van der Waals surface area (Å²) in [7, 11) is 0. The van der Waals surface area contributed by atoms with Gasteiger partial charge < -0.3 is 9.52 Å². The van der Waals surface area contributed by atoms with Gasteiger partial charge in [-0.3, -0.25) is 0 Å². The molecule has 1 aromatic heterocycles. The Kier molecular flexibility index (Phi) is 4.57. The summed E-state index contributed by atoms with van der Waals surface area (Å²) in [5.41, 5.74) is 2.87. The summed E-state index contributed by atoms with van der Waals surface area (Å²) >= 11 is 6.10. The number of oxazole rings is 1. The minimum absolute atomic E-state index is 0.427. The smallest absolute Gasteiger partial charge is 0.227 e. The minimum Gasteiger partial charge on any atom is -0.436 e. The molecule has 0 amide bonds. The number of nitrogens with zero attached hydrogens (tertiary/aromatic N) is 1. The van der Waals surface area contributed by atoms with E-state index in [1.54, 1.807) is 12.1 Å². The molecule has 1 atom stereocenters. The monoisotopic (exact) mass is 361 g/mol. The molecule has 0 radical (unpaired) electrons. The molecular formula is C22H16ClNO2. The fourth-order valence-corrected chi connectivity index (χ4v) is 3.04. The van der Waals surface area contributed by atoms with Crippen molar-refractivity contribution in [2.24, 2.45) is 0 Å². The van der Waals surface area contributed by atoms with Crippen LogP contribution in [0.25, 0.3) is 22.8 Å². The van der Waals surface area contributed by atoms with E-state index < -0.39 is 6.10 Å². The summed E-state index contributed by atoms with van der Waals surface area (Å²) in [6, 6.07) is 26.4. The van der Waals surface area contributed by atoms with Gasteiger partial charge in [-0.25, -0.2) is 4.98 Å². The molecule has 4 heteroatoms. The van der Waals surface area contributed by atoms with Crippen LogP contribution in [-0.2, 0) is 0 Å². The molecule has 1 N–H and O–H groups in total.